The number of carbonyl (C=O) groups is 1. The molecule has 0 fully saturated rings. The van der Waals surface area contributed by atoms with E-state index in [2.05, 4.69) is 55.3 Å². The van der Waals surface area contributed by atoms with Gasteiger partial charge in [-0.25, -0.2) is 4.98 Å². The second kappa shape index (κ2) is 5.49. The smallest absolute Gasteiger partial charge is 0.207 e. The minimum Gasteiger partial charge on any atom is -0.345 e. The van der Waals surface area contributed by atoms with Crippen LogP contribution in [0.5, 0.6) is 0 Å². The zero-order valence-corrected chi connectivity index (χ0v) is 12.4. The Bertz CT molecular complexity index is 579. The molecule has 0 aliphatic rings. The molecular weight excluding hydrogens is 250 g/mol. The maximum atomic E-state index is 10.9. The van der Waals surface area contributed by atoms with Gasteiger partial charge in [-0.05, 0) is 16.5 Å². The van der Waals surface area contributed by atoms with Gasteiger partial charge in [-0.2, -0.15) is 0 Å². The Kier molecular flexibility index (Phi) is 3.93. The van der Waals surface area contributed by atoms with E-state index in [1.165, 1.54) is 5.56 Å². The second-order valence-electron chi connectivity index (χ2n) is 5.99. The summed E-state index contributed by atoms with van der Waals surface area (Å²) in [4.78, 5) is 15.2. The van der Waals surface area contributed by atoms with Crippen molar-refractivity contribution < 1.29 is 4.79 Å². The van der Waals surface area contributed by atoms with Crippen molar-refractivity contribution in [2.75, 3.05) is 0 Å². The van der Waals surface area contributed by atoms with E-state index in [4.69, 9.17) is 0 Å². The van der Waals surface area contributed by atoms with Gasteiger partial charge in [0.15, 0.2) is 0 Å². The standard InChI is InChI=1S/C16H21N3O/c1-16(2,3)13-7-5-12(6-8-13)14(18-11-20)15-17-9-10-19(15)4/h5-11,14H,1-4H3,(H,18,20). The van der Waals surface area contributed by atoms with Crippen LogP contribution in [0.25, 0.3) is 0 Å². The first kappa shape index (κ1) is 14.3. The normalized spacial score (nSPS) is 13.0. The van der Waals surface area contributed by atoms with Crippen LogP contribution in [0.3, 0.4) is 0 Å². The van der Waals surface area contributed by atoms with Gasteiger partial charge in [0, 0.05) is 19.4 Å². The molecule has 2 aromatic rings. The van der Waals surface area contributed by atoms with Gasteiger partial charge in [0.2, 0.25) is 6.41 Å². The molecular formula is C16H21N3O. The average Bonchev–Trinajstić information content (AvgIpc) is 2.81. The molecule has 1 atom stereocenters. The van der Waals surface area contributed by atoms with Gasteiger partial charge in [-0.1, -0.05) is 45.0 Å². The van der Waals surface area contributed by atoms with Crippen LogP contribution in [0.1, 0.15) is 43.8 Å². The Morgan fingerprint density at radius 3 is 2.35 bits per heavy atom. The van der Waals surface area contributed by atoms with Crippen molar-refractivity contribution in [3.63, 3.8) is 0 Å². The molecule has 106 valence electrons. The Hall–Kier alpha value is -2.10. The number of carbonyl (C=O) groups excluding carboxylic acids is 1. The van der Waals surface area contributed by atoms with Gasteiger partial charge in [-0.15, -0.1) is 0 Å². The van der Waals surface area contributed by atoms with Crippen LogP contribution < -0.4 is 5.32 Å². The SMILES string of the molecule is Cn1ccnc1C(NC=O)c1ccc(C(C)(C)C)cc1. The molecule has 0 aliphatic heterocycles. The molecule has 0 radical (unpaired) electrons. The van der Waals surface area contributed by atoms with Crippen LogP contribution in [0.2, 0.25) is 0 Å². The topological polar surface area (TPSA) is 46.9 Å². The molecule has 2 rings (SSSR count). The Morgan fingerprint density at radius 2 is 1.90 bits per heavy atom. The molecule has 1 aromatic carbocycles. The number of hydrogen-bond donors (Lipinski definition) is 1. The fourth-order valence-electron chi connectivity index (χ4n) is 2.22. The number of nitrogens with one attached hydrogen (secondary N) is 1. The first-order chi connectivity index (χ1) is 9.43. The van der Waals surface area contributed by atoms with Gasteiger partial charge in [0.05, 0.1) is 0 Å². The van der Waals surface area contributed by atoms with Crippen LogP contribution >= 0.6 is 0 Å². The van der Waals surface area contributed by atoms with Gasteiger partial charge >= 0.3 is 0 Å². The fourth-order valence-corrected chi connectivity index (χ4v) is 2.22. The van der Waals surface area contributed by atoms with E-state index >= 15 is 0 Å². The lowest BCUT2D eigenvalue weighted by Crippen LogP contribution is -2.24. The van der Waals surface area contributed by atoms with E-state index in [1.807, 2.05) is 17.8 Å². The summed E-state index contributed by atoms with van der Waals surface area (Å²) in [5.41, 5.74) is 2.42. The maximum Gasteiger partial charge on any atom is 0.207 e. The fraction of sp³-hybridized carbons (Fsp3) is 0.375. The van der Waals surface area contributed by atoms with E-state index in [0.29, 0.717) is 0 Å². The highest BCUT2D eigenvalue weighted by atomic mass is 16.1. The lowest BCUT2D eigenvalue weighted by molar-refractivity contribution is -0.110. The Labute approximate surface area is 119 Å². The molecule has 4 nitrogen and oxygen atoms in total. The number of nitrogens with zero attached hydrogens (tertiary/aromatic N) is 2. The highest BCUT2D eigenvalue weighted by Crippen LogP contribution is 2.25. The third kappa shape index (κ3) is 2.90. The largest absolute Gasteiger partial charge is 0.345 e. The summed E-state index contributed by atoms with van der Waals surface area (Å²) in [6, 6.07) is 8.10. The summed E-state index contributed by atoms with van der Waals surface area (Å²) in [5.74, 6) is 0.820. The molecule has 0 saturated heterocycles. The third-order valence-electron chi connectivity index (χ3n) is 3.46. The predicted molar refractivity (Wildman–Crippen MR) is 79.4 cm³/mol. The second-order valence-corrected chi connectivity index (χ2v) is 5.99. The zero-order chi connectivity index (χ0) is 14.8. The number of imidazole rings is 1. The highest BCUT2D eigenvalue weighted by Gasteiger charge is 2.19. The van der Waals surface area contributed by atoms with Crippen LogP contribution in [-0.4, -0.2) is 16.0 Å². The van der Waals surface area contributed by atoms with E-state index in [-0.39, 0.29) is 11.5 Å². The molecule has 1 aromatic heterocycles. The predicted octanol–water partition coefficient (Wildman–Crippen LogP) is 2.55. The van der Waals surface area contributed by atoms with Crippen molar-refractivity contribution >= 4 is 6.41 Å². The number of aromatic nitrogens is 2. The molecule has 1 heterocycles. The number of rotatable bonds is 4. The summed E-state index contributed by atoms with van der Waals surface area (Å²) < 4.78 is 1.92. The number of benzene rings is 1. The van der Waals surface area contributed by atoms with Crippen molar-refractivity contribution in [1.29, 1.82) is 0 Å². The summed E-state index contributed by atoms with van der Waals surface area (Å²) >= 11 is 0. The monoisotopic (exact) mass is 271 g/mol. The molecule has 1 N–H and O–H groups in total. The maximum absolute atomic E-state index is 10.9. The third-order valence-corrected chi connectivity index (χ3v) is 3.46. The minimum atomic E-state index is -0.221. The minimum absolute atomic E-state index is 0.120. The van der Waals surface area contributed by atoms with Gasteiger partial charge in [0.25, 0.3) is 0 Å². The van der Waals surface area contributed by atoms with E-state index in [1.54, 1.807) is 6.20 Å². The molecule has 0 saturated carbocycles. The van der Waals surface area contributed by atoms with Gasteiger partial charge < -0.3 is 9.88 Å². The molecule has 4 heteroatoms. The van der Waals surface area contributed by atoms with E-state index in [0.717, 1.165) is 17.8 Å². The van der Waals surface area contributed by atoms with Crippen molar-refractivity contribution in [2.24, 2.45) is 7.05 Å². The average molecular weight is 271 g/mol. The number of hydrogen-bond acceptors (Lipinski definition) is 2. The van der Waals surface area contributed by atoms with E-state index in [9.17, 15) is 4.79 Å². The van der Waals surface area contributed by atoms with Crippen molar-refractivity contribution in [3.05, 3.63) is 53.6 Å². The summed E-state index contributed by atoms with van der Waals surface area (Å²) in [7, 11) is 1.92. The van der Waals surface area contributed by atoms with Crippen molar-refractivity contribution in [3.8, 4) is 0 Å². The first-order valence-electron chi connectivity index (χ1n) is 6.71. The molecule has 1 amide bonds. The van der Waals surface area contributed by atoms with E-state index < -0.39 is 0 Å². The molecule has 0 aliphatic carbocycles. The molecule has 1 unspecified atom stereocenters. The molecule has 20 heavy (non-hydrogen) atoms. The molecule has 0 bridgehead atoms. The van der Waals surface area contributed by atoms with Crippen LogP contribution in [-0.2, 0) is 17.3 Å². The van der Waals surface area contributed by atoms with Crippen molar-refractivity contribution in [2.45, 2.75) is 32.2 Å². The summed E-state index contributed by atoms with van der Waals surface area (Å²) in [5, 5.41) is 2.84. The molecule has 0 spiro atoms. The zero-order valence-electron chi connectivity index (χ0n) is 12.4. The lowest BCUT2D eigenvalue weighted by Gasteiger charge is -2.21. The van der Waals surface area contributed by atoms with Crippen LogP contribution in [0.4, 0.5) is 0 Å². The van der Waals surface area contributed by atoms with Crippen molar-refractivity contribution in [1.82, 2.24) is 14.9 Å². The van der Waals surface area contributed by atoms with Crippen LogP contribution in [0, 0.1) is 0 Å². The lowest BCUT2D eigenvalue weighted by atomic mass is 9.86. The summed E-state index contributed by atoms with van der Waals surface area (Å²) in [6.07, 6.45) is 4.33. The van der Waals surface area contributed by atoms with Crippen LogP contribution in [0.15, 0.2) is 36.7 Å². The Morgan fingerprint density at radius 1 is 1.25 bits per heavy atom. The first-order valence-corrected chi connectivity index (χ1v) is 6.71. The quantitative estimate of drug-likeness (QED) is 0.869. The highest BCUT2D eigenvalue weighted by molar-refractivity contribution is 5.49. The van der Waals surface area contributed by atoms with Gasteiger partial charge in [0.1, 0.15) is 11.9 Å². The van der Waals surface area contributed by atoms with Gasteiger partial charge in [-0.3, -0.25) is 4.79 Å². The Balaban J connectivity index is 2.36. The number of amides is 1. The number of aryl methyl sites for hydroxylation is 1. The summed E-state index contributed by atoms with van der Waals surface area (Å²) in [6.45, 7) is 6.55.